The van der Waals surface area contributed by atoms with E-state index >= 15 is 0 Å². The van der Waals surface area contributed by atoms with E-state index in [0.29, 0.717) is 31.0 Å². The maximum atomic E-state index is 14.1. The molecule has 27 heavy (non-hydrogen) atoms. The maximum Gasteiger partial charge on any atom is 0.318 e. The molecule has 0 unspecified atom stereocenters. The second-order valence-corrected chi connectivity index (χ2v) is 6.34. The van der Waals surface area contributed by atoms with Gasteiger partial charge in [-0.3, -0.25) is 0 Å². The van der Waals surface area contributed by atoms with Crippen LogP contribution in [0.25, 0.3) is 0 Å². The number of aromatic nitrogens is 1. The van der Waals surface area contributed by atoms with Gasteiger partial charge in [0.1, 0.15) is 24.0 Å². The van der Waals surface area contributed by atoms with Gasteiger partial charge in [-0.15, -0.1) is 0 Å². The molecule has 0 bridgehead atoms. The van der Waals surface area contributed by atoms with Gasteiger partial charge in [-0.05, 0) is 37.6 Å². The highest BCUT2D eigenvalue weighted by Crippen LogP contribution is 2.25. The average Bonchev–Trinajstić information content (AvgIpc) is 2.92. The Morgan fingerprint density at radius 2 is 2.11 bits per heavy atom. The smallest absolute Gasteiger partial charge is 0.318 e. The van der Waals surface area contributed by atoms with Crippen LogP contribution in [0.1, 0.15) is 25.0 Å². The van der Waals surface area contributed by atoms with Gasteiger partial charge in [-0.2, -0.15) is 0 Å². The topological polar surface area (TPSA) is 57.7 Å². The SMILES string of the molecule is CCN(CC)c1ccc(CNC(=O)N2CCOc3cccc(F)c3C2)cn1. The van der Waals surface area contributed by atoms with Crippen molar-refractivity contribution in [1.29, 1.82) is 0 Å². The summed E-state index contributed by atoms with van der Waals surface area (Å²) in [7, 11) is 0. The quantitative estimate of drug-likeness (QED) is 0.876. The summed E-state index contributed by atoms with van der Waals surface area (Å²) in [4.78, 5) is 20.7. The van der Waals surface area contributed by atoms with Gasteiger partial charge in [0, 0.05) is 31.4 Å². The summed E-state index contributed by atoms with van der Waals surface area (Å²) in [6, 6.07) is 8.39. The van der Waals surface area contributed by atoms with Gasteiger partial charge in [0.2, 0.25) is 0 Å². The molecule has 0 saturated carbocycles. The number of nitrogens with zero attached hydrogens (tertiary/aromatic N) is 3. The fourth-order valence-electron chi connectivity index (χ4n) is 3.08. The number of halogens is 1. The van der Waals surface area contributed by atoms with Crippen LogP contribution >= 0.6 is 0 Å². The Balaban J connectivity index is 1.60. The summed E-state index contributed by atoms with van der Waals surface area (Å²) >= 11 is 0. The molecule has 0 spiro atoms. The van der Waals surface area contributed by atoms with Crippen LogP contribution in [-0.4, -0.2) is 42.2 Å². The van der Waals surface area contributed by atoms with Gasteiger partial charge in [-0.25, -0.2) is 14.2 Å². The molecule has 0 aliphatic carbocycles. The number of urea groups is 1. The van der Waals surface area contributed by atoms with Gasteiger partial charge < -0.3 is 19.9 Å². The van der Waals surface area contributed by atoms with Crippen LogP contribution < -0.4 is 15.0 Å². The van der Waals surface area contributed by atoms with Crippen molar-refractivity contribution in [2.24, 2.45) is 0 Å². The summed E-state index contributed by atoms with van der Waals surface area (Å²) in [5.74, 6) is 1.07. The van der Waals surface area contributed by atoms with Crippen molar-refractivity contribution in [3.05, 3.63) is 53.5 Å². The average molecular weight is 372 g/mol. The molecule has 1 aromatic carbocycles. The lowest BCUT2D eigenvalue weighted by Gasteiger charge is -2.21. The minimum absolute atomic E-state index is 0.187. The standard InChI is InChI=1S/C20H25FN4O2/c1-3-24(4-2)19-9-8-15(12-22-19)13-23-20(26)25-10-11-27-18-7-5-6-17(21)16(18)14-25/h5-9,12H,3-4,10-11,13-14H2,1-2H3,(H,23,26). The van der Waals surface area contributed by atoms with Crippen molar-refractivity contribution in [2.45, 2.75) is 26.9 Å². The van der Waals surface area contributed by atoms with E-state index in [1.165, 1.54) is 6.07 Å². The summed E-state index contributed by atoms with van der Waals surface area (Å²) in [5, 5.41) is 2.88. The molecule has 2 amide bonds. The number of benzene rings is 1. The van der Waals surface area contributed by atoms with Gasteiger partial charge in [0.25, 0.3) is 0 Å². The molecule has 2 aromatic rings. The molecule has 0 fully saturated rings. The molecular formula is C20H25FN4O2. The summed E-state index contributed by atoms with van der Waals surface area (Å²) in [6.07, 6.45) is 1.77. The lowest BCUT2D eigenvalue weighted by Crippen LogP contribution is -2.40. The van der Waals surface area contributed by atoms with Crippen LogP contribution in [0.2, 0.25) is 0 Å². The fraction of sp³-hybridized carbons (Fsp3) is 0.400. The van der Waals surface area contributed by atoms with Crippen molar-refractivity contribution in [1.82, 2.24) is 15.2 Å². The highest BCUT2D eigenvalue weighted by atomic mass is 19.1. The molecule has 7 heteroatoms. The van der Waals surface area contributed by atoms with E-state index in [9.17, 15) is 9.18 Å². The minimum atomic E-state index is -0.358. The molecule has 0 radical (unpaired) electrons. The van der Waals surface area contributed by atoms with Crippen LogP contribution in [0.15, 0.2) is 36.5 Å². The van der Waals surface area contributed by atoms with Gasteiger partial charge in [-0.1, -0.05) is 12.1 Å². The third-order valence-electron chi connectivity index (χ3n) is 4.67. The molecule has 3 rings (SSSR count). The van der Waals surface area contributed by atoms with Crippen molar-refractivity contribution in [3.8, 4) is 5.75 Å². The number of nitrogens with one attached hydrogen (secondary N) is 1. The number of anilines is 1. The van der Waals surface area contributed by atoms with Crippen molar-refractivity contribution >= 4 is 11.8 Å². The van der Waals surface area contributed by atoms with E-state index in [2.05, 4.69) is 29.0 Å². The first kappa shape index (κ1) is 18.9. The van der Waals surface area contributed by atoms with E-state index in [1.807, 2.05) is 12.1 Å². The monoisotopic (exact) mass is 372 g/mol. The maximum absolute atomic E-state index is 14.1. The molecule has 0 saturated heterocycles. The van der Waals surface area contributed by atoms with Crippen molar-refractivity contribution < 1.29 is 13.9 Å². The lowest BCUT2D eigenvalue weighted by molar-refractivity contribution is 0.187. The molecule has 6 nitrogen and oxygen atoms in total. The zero-order valence-electron chi connectivity index (χ0n) is 15.7. The van der Waals surface area contributed by atoms with Crippen LogP contribution in [0.4, 0.5) is 15.0 Å². The number of hydrogen-bond acceptors (Lipinski definition) is 4. The molecule has 1 aliphatic heterocycles. The molecule has 1 aliphatic rings. The van der Waals surface area contributed by atoms with E-state index < -0.39 is 0 Å². The molecule has 0 atom stereocenters. The fourth-order valence-corrected chi connectivity index (χ4v) is 3.08. The Kier molecular flexibility index (Phi) is 6.11. The first-order valence-corrected chi connectivity index (χ1v) is 9.25. The Labute approximate surface area is 158 Å². The number of ether oxygens (including phenoxy) is 1. The highest BCUT2D eigenvalue weighted by Gasteiger charge is 2.22. The van der Waals surface area contributed by atoms with Gasteiger partial charge >= 0.3 is 6.03 Å². The minimum Gasteiger partial charge on any atom is -0.491 e. The zero-order chi connectivity index (χ0) is 19.2. The molecule has 144 valence electrons. The summed E-state index contributed by atoms with van der Waals surface area (Å²) in [5.41, 5.74) is 1.33. The first-order chi connectivity index (χ1) is 13.1. The van der Waals surface area contributed by atoms with Gasteiger partial charge in [0.15, 0.2) is 0 Å². The molecule has 2 heterocycles. The Hall–Kier alpha value is -2.83. The number of carbonyl (C=O) groups is 1. The molecule has 1 N–H and O–H groups in total. The number of hydrogen-bond donors (Lipinski definition) is 1. The predicted octanol–water partition coefficient (Wildman–Crippen LogP) is 3.17. The number of rotatable bonds is 5. The van der Waals surface area contributed by atoms with Crippen LogP contribution in [0.3, 0.4) is 0 Å². The Bertz CT molecular complexity index is 778. The predicted molar refractivity (Wildman–Crippen MR) is 102 cm³/mol. The number of carbonyl (C=O) groups excluding carboxylic acids is 1. The third kappa shape index (κ3) is 4.48. The zero-order valence-corrected chi connectivity index (χ0v) is 15.7. The summed E-state index contributed by atoms with van der Waals surface area (Å²) in [6.45, 7) is 7.27. The molecular weight excluding hydrogens is 347 g/mol. The van der Waals surface area contributed by atoms with E-state index in [0.717, 1.165) is 24.5 Å². The number of pyridine rings is 1. The van der Waals surface area contributed by atoms with E-state index in [4.69, 9.17) is 4.74 Å². The number of amides is 2. The first-order valence-electron chi connectivity index (χ1n) is 9.25. The molecule has 1 aromatic heterocycles. The second kappa shape index (κ2) is 8.70. The van der Waals surface area contributed by atoms with Crippen LogP contribution in [0, 0.1) is 5.82 Å². The third-order valence-corrected chi connectivity index (χ3v) is 4.67. The highest BCUT2D eigenvalue weighted by molar-refractivity contribution is 5.74. The number of fused-ring (bicyclic) bond motifs is 1. The lowest BCUT2D eigenvalue weighted by atomic mass is 10.2. The largest absolute Gasteiger partial charge is 0.491 e. The Morgan fingerprint density at radius 3 is 2.81 bits per heavy atom. The normalized spacial score (nSPS) is 13.4. The Morgan fingerprint density at radius 1 is 1.30 bits per heavy atom. The van der Waals surface area contributed by atoms with E-state index in [1.54, 1.807) is 23.2 Å². The van der Waals surface area contributed by atoms with Gasteiger partial charge in [0.05, 0.1) is 13.1 Å². The van der Waals surface area contributed by atoms with E-state index in [-0.39, 0.29) is 18.4 Å². The summed E-state index contributed by atoms with van der Waals surface area (Å²) < 4.78 is 19.6. The van der Waals surface area contributed by atoms with Crippen molar-refractivity contribution in [2.75, 3.05) is 31.1 Å². The second-order valence-electron chi connectivity index (χ2n) is 6.34. The van der Waals surface area contributed by atoms with Crippen molar-refractivity contribution in [3.63, 3.8) is 0 Å². The van der Waals surface area contributed by atoms with Crippen LogP contribution in [-0.2, 0) is 13.1 Å². The van der Waals surface area contributed by atoms with Crippen LogP contribution in [0.5, 0.6) is 5.75 Å².